The molecular formula is C21H35IN4O2. The number of hydrogen-bond donors (Lipinski definition) is 2. The van der Waals surface area contributed by atoms with Crippen molar-refractivity contribution in [3.63, 3.8) is 0 Å². The number of nitrogens with one attached hydrogen (secondary N) is 1. The monoisotopic (exact) mass is 502 g/mol. The maximum absolute atomic E-state index is 12.2. The van der Waals surface area contributed by atoms with Crippen molar-refractivity contribution in [2.45, 2.75) is 59.5 Å². The zero-order valence-electron chi connectivity index (χ0n) is 17.7. The number of rotatable bonds is 4. The molecule has 1 aliphatic rings. The molecule has 0 aromatic heterocycles. The summed E-state index contributed by atoms with van der Waals surface area (Å²) >= 11 is 0. The van der Waals surface area contributed by atoms with Crippen molar-refractivity contribution in [1.29, 1.82) is 0 Å². The Labute approximate surface area is 186 Å². The van der Waals surface area contributed by atoms with Gasteiger partial charge in [0.2, 0.25) is 0 Å². The average molecular weight is 502 g/mol. The normalized spacial score (nSPS) is 17.7. The highest BCUT2D eigenvalue weighted by Crippen LogP contribution is 2.22. The van der Waals surface area contributed by atoms with Crippen LogP contribution in [0.15, 0.2) is 23.2 Å². The number of aryl methyl sites for hydroxylation is 2. The zero-order chi connectivity index (χ0) is 20.0. The maximum atomic E-state index is 12.2. The lowest BCUT2D eigenvalue weighted by Gasteiger charge is -2.34. The minimum Gasteiger partial charge on any atom is -0.444 e. The molecule has 158 valence electrons. The average Bonchev–Trinajstić information content (AvgIpc) is 2.52. The molecule has 0 aliphatic carbocycles. The Hall–Kier alpha value is -1.51. The maximum Gasteiger partial charge on any atom is 0.410 e. The van der Waals surface area contributed by atoms with Crippen LogP contribution >= 0.6 is 24.0 Å². The second-order valence-electron chi connectivity index (χ2n) is 8.49. The Morgan fingerprint density at radius 2 is 1.93 bits per heavy atom. The highest BCUT2D eigenvalue weighted by Gasteiger charge is 2.27. The molecule has 2 rings (SSSR count). The van der Waals surface area contributed by atoms with Gasteiger partial charge in [0.15, 0.2) is 5.96 Å². The van der Waals surface area contributed by atoms with Gasteiger partial charge in [0.05, 0.1) is 0 Å². The number of carbonyl (C=O) groups is 1. The van der Waals surface area contributed by atoms with E-state index in [0.29, 0.717) is 18.4 Å². The number of guanidine groups is 1. The number of anilines is 1. The van der Waals surface area contributed by atoms with Crippen LogP contribution in [0, 0.1) is 19.8 Å². The van der Waals surface area contributed by atoms with Crippen LogP contribution in [-0.4, -0.2) is 42.2 Å². The zero-order valence-corrected chi connectivity index (χ0v) is 20.1. The molecule has 1 aromatic carbocycles. The number of piperidine rings is 1. The summed E-state index contributed by atoms with van der Waals surface area (Å²) < 4.78 is 5.48. The van der Waals surface area contributed by atoms with Gasteiger partial charge in [-0.25, -0.2) is 4.79 Å². The summed E-state index contributed by atoms with van der Waals surface area (Å²) in [5.74, 6) is 0.865. The Balaban J connectivity index is 0.00000392. The Bertz CT molecular complexity index is 665. The van der Waals surface area contributed by atoms with Crippen LogP contribution in [0.3, 0.4) is 0 Å². The number of nitrogens with zero attached hydrogens (tertiary/aromatic N) is 2. The van der Waals surface area contributed by atoms with Gasteiger partial charge < -0.3 is 20.7 Å². The lowest BCUT2D eigenvalue weighted by molar-refractivity contribution is 0.0163. The molecule has 28 heavy (non-hydrogen) atoms. The topological polar surface area (TPSA) is 80.0 Å². The van der Waals surface area contributed by atoms with Gasteiger partial charge in [-0.2, -0.15) is 0 Å². The Morgan fingerprint density at radius 3 is 2.54 bits per heavy atom. The first kappa shape index (κ1) is 24.5. The van der Waals surface area contributed by atoms with Crippen molar-refractivity contribution in [3.8, 4) is 0 Å². The Morgan fingerprint density at radius 1 is 1.29 bits per heavy atom. The number of benzene rings is 1. The van der Waals surface area contributed by atoms with Crippen LogP contribution in [0.4, 0.5) is 10.5 Å². The highest BCUT2D eigenvalue weighted by molar-refractivity contribution is 14.0. The van der Waals surface area contributed by atoms with Crippen molar-refractivity contribution < 1.29 is 9.53 Å². The largest absolute Gasteiger partial charge is 0.444 e. The van der Waals surface area contributed by atoms with Gasteiger partial charge in [-0.3, -0.25) is 4.99 Å². The molecule has 1 amide bonds. The summed E-state index contributed by atoms with van der Waals surface area (Å²) in [5, 5.41) is 3.16. The summed E-state index contributed by atoms with van der Waals surface area (Å²) in [6, 6.07) is 6.22. The van der Waals surface area contributed by atoms with Crippen molar-refractivity contribution in [1.82, 2.24) is 4.90 Å². The molecule has 1 aliphatic heterocycles. The predicted octanol–water partition coefficient (Wildman–Crippen LogP) is 4.69. The molecule has 7 heteroatoms. The molecule has 6 nitrogen and oxygen atoms in total. The molecule has 1 atom stereocenters. The van der Waals surface area contributed by atoms with Gasteiger partial charge in [-0.05, 0) is 83.1 Å². The third-order valence-corrected chi connectivity index (χ3v) is 4.48. The van der Waals surface area contributed by atoms with Crippen LogP contribution in [0.5, 0.6) is 0 Å². The SMILES string of the molecule is Cc1cc(C)cc(NC(N)=NCCC2CCCN(C(=O)OC(C)(C)C)C2)c1.I. The summed E-state index contributed by atoms with van der Waals surface area (Å²) in [7, 11) is 0. The predicted molar refractivity (Wildman–Crippen MR) is 127 cm³/mol. The van der Waals surface area contributed by atoms with Crippen LogP contribution < -0.4 is 11.1 Å². The quantitative estimate of drug-likeness (QED) is 0.356. The van der Waals surface area contributed by atoms with Crippen molar-refractivity contribution in [2.24, 2.45) is 16.6 Å². The van der Waals surface area contributed by atoms with Gasteiger partial charge in [0.1, 0.15) is 5.60 Å². The van der Waals surface area contributed by atoms with Gasteiger partial charge in [0, 0.05) is 25.3 Å². The van der Waals surface area contributed by atoms with Gasteiger partial charge in [0.25, 0.3) is 0 Å². The second kappa shape index (κ2) is 10.9. The smallest absolute Gasteiger partial charge is 0.410 e. The minimum atomic E-state index is -0.456. The van der Waals surface area contributed by atoms with E-state index in [-0.39, 0.29) is 30.1 Å². The van der Waals surface area contributed by atoms with Gasteiger partial charge >= 0.3 is 6.09 Å². The fraction of sp³-hybridized carbons (Fsp3) is 0.619. The molecule has 1 fully saturated rings. The molecule has 3 N–H and O–H groups in total. The number of ether oxygens (including phenoxy) is 1. The van der Waals surface area contributed by atoms with Crippen molar-refractivity contribution in [3.05, 3.63) is 29.3 Å². The van der Waals surface area contributed by atoms with Crippen molar-refractivity contribution >= 4 is 41.7 Å². The first-order valence-electron chi connectivity index (χ1n) is 9.75. The lowest BCUT2D eigenvalue weighted by Crippen LogP contribution is -2.43. The van der Waals surface area contributed by atoms with Crippen LogP contribution in [0.2, 0.25) is 0 Å². The van der Waals surface area contributed by atoms with E-state index in [9.17, 15) is 4.79 Å². The number of likely N-dealkylation sites (tertiary alicyclic amines) is 1. The number of aliphatic imine (C=N–C) groups is 1. The number of hydrogen-bond acceptors (Lipinski definition) is 3. The number of amides is 1. The van der Waals surface area contributed by atoms with Gasteiger partial charge in [-0.1, -0.05) is 6.07 Å². The molecule has 1 saturated heterocycles. The van der Waals surface area contributed by atoms with Crippen LogP contribution in [-0.2, 0) is 4.74 Å². The molecule has 1 heterocycles. The van der Waals surface area contributed by atoms with E-state index in [1.54, 1.807) is 0 Å². The lowest BCUT2D eigenvalue weighted by atomic mass is 9.95. The first-order chi connectivity index (χ1) is 12.6. The molecular weight excluding hydrogens is 467 g/mol. The Kier molecular flexibility index (Phi) is 9.53. The second-order valence-corrected chi connectivity index (χ2v) is 8.49. The van der Waals surface area contributed by atoms with Crippen LogP contribution in [0.1, 0.15) is 51.2 Å². The summed E-state index contributed by atoms with van der Waals surface area (Å²) in [4.78, 5) is 18.5. The molecule has 0 radical (unpaired) electrons. The number of nitrogens with two attached hydrogens (primary N) is 1. The van der Waals surface area contributed by atoms with E-state index in [4.69, 9.17) is 10.5 Å². The standard InChI is InChI=1S/C21H34N4O2.HI/c1-15-11-16(2)13-18(12-15)24-19(22)23-9-8-17-7-6-10-25(14-17)20(26)27-21(3,4)5;/h11-13,17H,6-10,14H2,1-5H3,(H3,22,23,24);1H. The number of carbonyl (C=O) groups excluding carboxylic acids is 1. The molecule has 0 saturated carbocycles. The van der Waals surface area contributed by atoms with Crippen molar-refractivity contribution in [2.75, 3.05) is 25.0 Å². The summed E-state index contributed by atoms with van der Waals surface area (Å²) in [6.45, 7) is 12.0. The minimum absolute atomic E-state index is 0. The third kappa shape index (κ3) is 8.67. The molecule has 0 spiro atoms. The molecule has 1 unspecified atom stereocenters. The fourth-order valence-electron chi connectivity index (χ4n) is 3.39. The van der Waals surface area contributed by atoms with E-state index < -0.39 is 5.60 Å². The molecule has 1 aromatic rings. The van der Waals surface area contributed by atoms with E-state index >= 15 is 0 Å². The third-order valence-electron chi connectivity index (χ3n) is 4.48. The van der Waals surface area contributed by atoms with Gasteiger partial charge in [-0.15, -0.1) is 24.0 Å². The van der Waals surface area contributed by atoms with E-state index in [1.165, 1.54) is 11.1 Å². The van der Waals surface area contributed by atoms with E-state index in [2.05, 4.69) is 42.4 Å². The van der Waals surface area contributed by atoms with Crippen LogP contribution in [0.25, 0.3) is 0 Å². The highest BCUT2D eigenvalue weighted by atomic mass is 127. The first-order valence-corrected chi connectivity index (χ1v) is 9.75. The summed E-state index contributed by atoms with van der Waals surface area (Å²) in [5.41, 5.74) is 8.90. The fourth-order valence-corrected chi connectivity index (χ4v) is 3.39. The summed E-state index contributed by atoms with van der Waals surface area (Å²) in [6.07, 6.45) is 2.81. The number of halogens is 1. The molecule has 0 bridgehead atoms. The van der Waals surface area contributed by atoms with E-state index in [1.807, 2.05) is 25.7 Å². The van der Waals surface area contributed by atoms with E-state index in [0.717, 1.165) is 38.0 Å².